The van der Waals surface area contributed by atoms with E-state index in [-0.39, 0.29) is 12.0 Å². The molecule has 3 N–H and O–H groups in total. The smallest absolute Gasteiger partial charge is 0.255 e. The third-order valence-electron chi connectivity index (χ3n) is 4.97. The molecule has 134 valence electrons. The summed E-state index contributed by atoms with van der Waals surface area (Å²) >= 11 is 0. The number of carbonyl (C=O) groups is 1. The van der Waals surface area contributed by atoms with E-state index in [4.69, 9.17) is 0 Å². The molecule has 1 aromatic heterocycles. The minimum absolute atomic E-state index is 0.114. The number of fused-ring (bicyclic) bond motifs is 1. The zero-order valence-electron chi connectivity index (χ0n) is 14.8. The average molecular weight is 349 g/mol. The van der Waals surface area contributed by atoms with Crippen LogP contribution in [-0.4, -0.2) is 35.2 Å². The van der Waals surface area contributed by atoms with Crippen LogP contribution in [0.4, 0.5) is 11.4 Å². The number of benzene rings is 2. The Labute approximate surface area is 152 Å². The molecule has 3 aromatic rings. The first-order valence-electron chi connectivity index (χ1n) is 9.02. The summed E-state index contributed by atoms with van der Waals surface area (Å²) in [4.78, 5) is 18.0. The average Bonchev–Trinajstić information content (AvgIpc) is 3.02. The summed E-state index contributed by atoms with van der Waals surface area (Å²) in [5, 5.41) is 13.7. The number of aliphatic hydroxyl groups is 1. The third-order valence-corrected chi connectivity index (χ3v) is 4.97. The number of rotatable bonds is 3. The van der Waals surface area contributed by atoms with E-state index >= 15 is 0 Å². The van der Waals surface area contributed by atoms with Gasteiger partial charge in [0, 0.05) is 46.6 Å². The number of hydrogen-bond acceptors (Lipinski definition) is 3. The van der Waals surface area contributed by atoms with Crippen LogP contribution in [-0.2, 0) is 0 Å². The van der Waals surface area contributed by atoms with Crippen molar-refractivity contribution in [3.8, 4) is 0 Å². The van der Waals surface area contributed by atoms with Gasteiger partial charge in [0.1, 0.15) is 0 Å². The highest BCUT2D eigenvalue weighted by Gasteiger charge is 2.17. The molecule has 0 radical (unpaired) electrons. The van der Waals surface area contributed by atoms with Crippen LogP contribution in [0.1, 0.15) is 28.9 Å². The molecule has 0 saturated carbocycles. The number of carbonyl (C=O) groups excluding carboxylic acids is 1. The molecule has 2 aromatic carbocycles. The van der Waals surface area contributed by atoms with Gasteiger partial charge in [0.15, 0.2) is 0 Å². The fourth-order valence-corrected chi connectivity index (χ4v) is 3.51. The van der Waals surface area contributed by atoms with Gasteiger partial charge in [-0.2, -0.15) is 0 Å². The van der Waals surface area contributed by atoms with Crippen molar-refractivity contribution in [2.45, 2.75) is 25.9 Å². The number of aryl methyl sites for hydroxylation is 1. The van der Waals surface area contributed by atoms with E-state index in [1.165, 1.54) is 0 Å². The van der Waals surface area contributed by atoms with Crippen molar-refractivity contribution < 1.29 is 9.90 Å². The summed E-state index contributed by atoms with van der Waals surface area (Å²) in [6.07, 6.45) is 1.41. The molecule has 0 atom stereocenters. The summed E-state index contributed by atoms with van der Waals surface area (Å²) in [6.45, 7) is 3.72. The van der Waals surface area contributed by atoms with Crippen molar-refractivity contribution in [3.05, 3.63) is 59.8 Å². The van der Waals surface area contributed by atoms with Gasteiger partial charge in [-0.1, -0.05) is 0 Å². The maximum atomic E-state index is 12.5. The van der Waals surface area contributed by atoms with Gasteiger partial charge in [0.25, 0.3) is 5.91 Å². The van der Waals surface area contributed by atoms with Gasteiger partial charge in [0.05, 0.1) is 6.10 Å². The standard InChI is InChI=1S/C21H23N3O2/c1-14-12-16-13-17(4-7-20(16)22-14)23-21(26)15-2-5-18(6-3-15)24-10-8-19(25)9-11-24/h2-7,12-13,19,22,25H,8-11H2,1H3,(H,23,26). The molecule has 1 amide bonds. The number of piperidine rings is 1. The van der Waals surface area contributed by atoms with Gasteiger partial charge in [-0.05, 0) is 68.3 Å². The van der Waals surface area contributed by atoms with Crippen molar-refractivity contribution in [2.75, 3.05) is 23.3 Å². The van der Waals surface area contributed by atoms with Crippen LogP contribution in [0.5, 0.6) is 0 Å². The number of nitrogens with zero attached hydrogens (tertiary/aromatic N) is 1. The Hall–Kier alpha value is -2.79. The van der Waals surface area contributed by atoms with Crippen LogP contribution >= 0.6 is 0 Å². The third kappa shape index (κ3) is 3.44. The largest absolute Gasteiger partial charge is 0.393 e. The highest BCUT2D eigenvalue weighted by molar-refractivity contribution is 6.05. The zero-order chi connectivity index (χ0) is 18.1. The summed E-state index contributed by atoms with van der Waals surface area (Å²) in [6, 6.07) is 15.6. The number of aromatic nitrogens is 1. The first-order valence-corrected chi connectivity index (χ1v) is 9.02. The molecule has 26 heavy (non-hydrogen) atoms. The van der Waals surface area contributed by atoms with Crippen molar-refractivity contribution >= 4 is 28.2 Å². The Balaban J connectivity index is 1.45. The SMILES string of the molecule is Cc1cc2cc(NC(=O)c3ccc(N4CCC(O)CC4)cc3)ccc2[nH]1. The van der Waals surface area contributed by atoms with Gasteiger partial charge in [0.2, 0.25) is 0 Å². The molecular weight excluding hydrogens is 326 g/mol. The summed E-state index contributed by atoms with van der Waals surface area (Å²) in [7, 11) is 0. The predicted molar refractivity (Wildman–Crippen MR) is 105 cm³/mol. The molecule has 1 aliphatic rings. The maximum absolute atomic E-state index is 12.5. The minimum atomic E-state index is -0.183. The number of hydrogen-bond donors (Lipinski definition) is 3. The van der Waals surface area contributed by atoms with Crippen molar-refractivity contribution in [3.63, 3.8) is 0 Å². The van der Waals surface area contributed by atoms with Gasteiger partial charge in [-0.3, -0.25) is 4.79 Å². The summed E-state index contributed by atoms with van der Waals surface area (Å²) in [5.74, 6) is -0.114. The van der Waals surface area contributed by atoms with Crippen LogP contribution in [0.15, 0.2) is 48.5 Å². The van der Waals surface area contributed by atoms with Crippen LogP contribution in [0, 0.1) is 6.92 Å². The van der Waals surface area contributed by atoms with Gasteiger partial charge < -0.3 is 20.3 Å². The fourth-order valence-electron chi connectivity index (χ4n) is 3.51. The molecule has 2 heterocycles. The van der Waals surface area contributed by atoms with Crippen LogP contribution < -0.4 is 10.2 Å². The van der Waals surface area contributed by atoms with Crippen LogP contribution in [0.2, 0.25) is 0 Å². The molecule has 1 fully saturated rings. The molecule has 4 rings (SSSR count). The second-order valence-corrected chi connectivity index (χ2v) is 6.97. The lowest BCUT2D eigenvalue weighted by Gasteiger charge is -2.31. The fraction of sp³-hybridized carbons (Fsp3) is 0.286. The lowest BCUT2D eigenvalue weighted by molar-refractivity contribution is 0.102. The number of nitrogens with one attached hydrogen (secondary N) is 2. The van der Waals surface area contributed by atoms with E-state index in [0.29, 0.717) is 5.56 Å². The quantitative estimate of drug-likeness (QED) is 0.675. The molecule has 5 heteroatoms. The van der Waals surface area contributed by atoms with Crippen LogP contribution in [0.3, 0.4) is 0 Å². The van der Waals surface area contributed by atoms with Gasteiger partial charge in [-0.15, -0.1) is 0 Å². The molecule has 1 saturated heterocycles. The summed E-state index contributed by atoms with van der Waals surface area (Å²) in [5.41, 5.74) is 4.69. The van der Waals surface area contributed by atoms with E-state index in [1.54, 1.807) is 0 Å². The second kappa shape index (κ2) is 6.84. The van der Waals surface area contributed by atoms with E-state index in [1.807, 2.05) is 49.4 Å². The molecule has 0 aliphatic carbocycles. The van der Waals surface area contributed by atoms with Gasteiger partial charge in [-0.25, -0.2) is 0 Å². The second-order valence-electron chi connectivity index (χ2n) is 6.97. The Morgan fingerprint density at radius 2 is 1.85 bits per heavy atom. The highest BCUT2D eigenvalue weighted by atomic mass is 16.3. The Bertz CT molecular complexity index is 922. The van der Waals surface area contributed by atoms with Crippen molar-refractivity contribution in [1.29, 1.82) is 0 Å². The predicted octanol–water partition coefficient (Wildman–Crippen LogP) is 3.69. The lowest BCUT2D eigenvalue weighted by atomic mass is 10.1. The first kappa shape index (κ1) is 16.7. The van der Waals surface area contributed by atoms with E-state index in [0.717, 1.165) is 53.9 Å². The highest BCUT2D eigenvalue weighted by Crippen LogP contribution is 2.22. The number of anilines is 2. The maximum Gasteiger partial charge on any atom is 0.255 e. The number of aliphatic hydroxyl groups excluding tert-OH is 1. The topological polar surface area (TPSA) is 68.4 Å². The van der Waals surface area contributed by atoms with Crippen LogP contribution in [0.25, 0.3) is 10.9 Å². The molecule has 0 unspecified atom stereocenters. The number of H-pyrrole nitrogens is 1. The first-order chi connectivity index (χ1) is 12.6. The Morgan fingerprint density at radius 1 is 1.12 bits per heavy atom. The molecule has 5 nitrogen and oxygen atoms in total. The number of amides is 1. The van der Waals surface area contributed by atoms with E-state index < -0.39 is 0 Å². The zero-order valence-corrected chi connectivity index (χ0v) is 14.8. The monoisotopic (exact) mass is 349 g/mol. The van der Waals surface area contributed by atoms with E-state index in [9.17, 15) is 9.90 Å². The van der Waals surface area contributed by atoms with Crippen molar-refractivity contribution in [2.24, 2.45) is 0 Å². The van der Waals surface area contributed by atoms with Gasteiger partial charge >= 0.3 is 0 Å². The van der Waals surface area contributed by atoms with Crippen molar-refractivity contribution in [1.82, 2.24) is 4.98 Å². The molecular formula is C21H23N3O2. The Kier molecular flexibility index (Phi) is 4.39. The summed E-state index contributed by atoms with van der Waals surface area (Å²) < 4.78 is 0. The normalized spacial score (nSPS) is 15.4. The minimum Gasteiger partial charge on any atom is -0.393 e. The lowest BCUT2D eigenvalue weighted by Crippen LogP contribution is -2.35. The number of aromatic amines is 1. The molecule has 1 aliphatic heterocycles. The Morgan fingerprint density at radius 3 is 2.58 bits per heavy atom. The molecule has 0 bridgehead atoms. The molecule has 0 spiro atoms. The van der Waals surface area contributed by atoms with E-state index in [2.05, 4.69) is 21.3 Å².